The topological polar surface area (TPSA) is 74.7 Å². The molecule has 1 aromatic heterocycles. The number of pyridine rings is 1. The second kappa shape index (κ2) is 8.79. The number of aryl methyl sites for hydroxylation is 1. The molecule has 6 nitrogen and oxygen atoms in total. The van der Waals surface area contributed by atoms with Crippen molar-refractivity contribution in [3.63, 3.8) is 0 Å². The Morgan fingerprint density at radius 1 is 1.10 bits per heavy atom. The molecule has 0 amide bonds. The standard InChI is InChI=1S/C22H20FNO5/c1-13-15-6-4-5-7-17(15)24-18(11-27-2)21(13)22(26)29-12-19(25)16-10-14(23)8-9-20(16)28-3/h4-10H,11-12H2,1-3H3. The Hall–Kier alpha value is -3.32. The first-order chi connectivity index (χ1) is 14.0. The van der Waals surface area contributed by atoms with Gasteiger partial charge in [0.05, 0.1) is 36.1 Å². The molecule has 3 aromatic rings. The number of aromatic nitrogens is 1. The molecule has 0 bridgehead atoms. The molecule has 150 valence electrons. The Morgan fingerprint density at radius 3 is 2.59 bits per heavy atom. The van der Waals surface area contributed by atoms with Crippen molar-refractivity contribution in [2.24, 2.45) is 0 Å². The van der Waals surface area contributed by atoms with Crippen LogP contribution >= 0.6 is 0 Å². The van der Waals surface area contributed by atoms with Crippen molar-refractivity contribution in [2.45, 2.75) is 13.5 Å². The highest BCUT2D eigenvalue weighted by atomic mass is 19.1. The quantitative estimate of drug-likeness (QED) is 0.445. The number of Topliss-reactive ketones (excluding diaryl/α,β-unsaturated/α-hetero) is 1. The number of rotatable bonds is 7. The van der Waals surface area contributed by atoms with E-state index < -0.39 is 24.2 Å². The summed E-state index contributed by atoms with van der Waals surface area (Å²) in [4.78, 5) is 29.7. The van der Waals surface area contributed by atoms with E-state index in [0.29, 0.717) is 11.3 Å². The van der Waals surface area contributed by atoms with Gasteiger partial charge in [-0.25, -0.2) is 14.2 Å². The molecule has 2 aromatic carbocycles. The minimum Gasteiger partial charge on any atom is -0.496 e. The lowest BCUT2D eigenvalue weighted by Crippen LogP contribution is -2.18. The largest absolute Gasteiger partial charge is 0.496 e. The summed E-state index contributed by atoms with van der Waals surface area (Å²) in [6.07, 6.45) is 0. The Bertz CT molecular complexity index is 1080. The summed E-state index contributed by atoms with van der Waals surface area (Å²) in [5, 5.41) is 0.803. The lowest BCUT2D eigenvalue weighted by Gasteiger charge is -2.14. The zero-order valence-electron chi connectivity index (χ0n) is 16.3. The number of benzene rings is 2. The summed E-state index contributed by atoms with van der Waals surface area (Å²) in [6.45, 7) is 1.34. The SMILES string of the molecule is COCc1nc2ccccc2c(C)c1C(=O)OCC(=O)c1cc(F)ccc1OC. The molecular weight excluding hydrogens is 377 g/mol. The van der Waals surface area contributed by atoms with E-state index in [4.69, 9.17) is 14.2 Å². The fraction of sp³-hybridized carbons (Fsp3) is 0.227. The highest BCUT2D eigenvalue weighted by molar-refractivity contribution is 6.03. The molecule has 0 radical (unpaired) electrons. The van der Waals surface area contributed by atoms with Gasteiger partial charge in [-0.15, -0.1) is 0 Å². The van der Waals surface area contributed by atoms with E-state index in [1.807, 2.05) is 24.3 Å². The fourth-order valence-corrected chi connectivity index (χ4v) is 3.13. The van der Waals surface area contributed by atoms with E-state index in [-0.39, 0.29) is 23.5 Å². The van der Waals surface area contributed by atoms with Crippen molar-refractivity contribution in [1.82, 2.24) is 4.98 Å². The van der Waals surface area contributed by atoms with E-state index >= 15 is 0 Å². The van der Waals surface area contributed by atoms with Crippen LogP contribution in [0.2, 0.25) is 0 Å². The van der Waals surface area contributed by atoms with E-state index in [2.05, 4.69) is 4.98 Å². The van der Waals surface area contributed by atoms with Gasteiger partial charge in [0.2, 0.25) is 5.78 Å². The molecule has 0 fully saturated rings. The molecule has 0 saturated carbocycles. The third-order valence-corrected chi connectivity index (χ3v) is 4.51. The molecule has 0 N–H and O–H groups in total. The van der Waals surface area contributed by atoms with Gasteiger partial charge in [0.25, 0.3) is 0 Å². The zero-order valence-corrected chi connectivity index (χ0v) is 16.3. The molecular formula is C22H20FNO5. The molecule has 0 aliphatic carbocycles. The Balaban J connectivity index is 1.88. The lowest BCUT2D eigenvalue weighted by molar-refractivity contribution is 0.0468. The van der Waals surface area contributed by atoms with E-state index in [0.717, 1.165) is 17.0 Å². The van der Waals surface area contributed by atoms with Gasteiger partial charge >= 0.3 is 5.97 Å². The summed E-state index contributed by atoms with van der Waals surface area (Å²) in [5.41, 5.74) is 2.09. The number of halogens is 1. The molecule has 0 aliphatic rings. The van der Waals surface area contributed by atoms with Crippen molar-refractivity contribution < 1.29 is 28.2 Å². The number of ether oxygens (including phenoxy) is 3. The number of carbonyl (C=O) groups excluding carboxylic acids is 2. The van der Waals surface area contributed by atoms with Crippen LogP contribution in [0, 0.1) is 12.7 Å². The highest BCUT2D eigenvalue weighted by Crippen LogP contribution is 2.25. The predicted molar refractivity (Wildman–Crippen MR) is 105 cm³/mol. The molecule has 0 aliphatic heterocycles. The number of fused-ring (bicyclic) bond motifs is 1. The first kappa shape index (κ1) is 20.4. The number of hydrogen-bond donors (Lipinski definition) is 0. The summed E-state index contributed by atoms with van der Waals surface area (Å²) >= 11 is 0. The van der Waals surface area contributed by atoms with Crippen molar-refractivity contribution in [3.05, 3.63) is 70.7 Å². The molecule has 1 heterocycles. The second-order valence-corrected chi connectivity index (χ2v) is 6.35. The third kappa shape index (κ3) is 4.25. The van der Waals surface area contributed by atoms with Crippen LogP contribution in [0.3, 0.4) is 0 Å². The molecule has 3 rings (SSSR count). The minimum absolute atomic E-state index is 0.00535. The monoisotopic (exact) mass is 397 g/mol. The van der Waals surface area contributed by atoms with Crippen molar-refractivity contribution >= 4 is 22.7 Å². The Labute approximate surface area is 167 Å². The van der Waals surface area contributed by atoms with Crippen molar-refractivity contribution in [3.8, 4) is 5.75 Å². The fourth-order valence-electron chi connectivity index (χ4n) is 3.13. The van der Waals surface area contributed by atoms with Crippen molar-refractivity contribution in [2.75, 3.05) is 20.8 Å². The molecule has 0 unspecified atom stereocenters. The third-order valence-electron chi connectivity index (χ3n) is 4.51. The van der Waals surface area contributed by atoms with Crippen LogP contribution in [0.15, 0.2) is 42.5 Å². The van der Waals surface area contributed by atoms with E-state index in [1.54, 1.807) is 6.92 Å². The first-order valence-corrected chi connectivity index (χ1v) is 8.87. The summed E-state index contributed by atoms with van der Waals surface area (Å²) < 4.78 is 29.0. The van der Waals surface area contributed by atoms with Crippen LogP contribution in [0.25, 0.3) is 10.9 Å². The van der Waals surface area contributed by atoms with Crippen LogP contribution in [0.1, 0.15) is 32.0 Å². The average Bonchev–Trinajstić information content (AvgIpc) is 2.72. The smallest absolute Gasteiger partial charge is 0.340 e. The van der Waals surface area contributed by atoms with Gasteiger partial charge in [-0.05, 0) is 36.8 Å². The second-order valence-electron chi connectivity index (χ2n) is 6.35. The highest BCUT2D eigenvalue weighted by Gasteiger charge is 2.22. The number of hydrogen-bond acceptors (Lipinski definition) is 6. The normalized spacial score (nSPS) is 10.8. The number of nitrogens with zero attached hydrogens (tertiary/aromatic N) is 1. The minimum atomic E-state index is -0.698. The van der Waals surface area contributed by atoms with Gasteiger partial charge in [0.1, 0.15) is 11.6 Å². The first-order valence-electron chi connectivity index (χ1n) is 8.87. The maximum Gasteiger partial charge on any atom is 0.340 e. The summed E-state index contributed by atoms with van der Waals surface area (Å²) in [7, 11) is 2.87. The van der Waals surface area contributed by atoms with Gasteiger partial charge in [0.15, 0.2) is 6.61 Å². The molecule has 29 heavy (non-hydrogen) atoms. The van der Waals surface area contributed by atoms with Gasteiger partial charge in [-0.3, -0.25) is 4.79 Å². The number of esters is 1. The molecule has 7 heteroatoms. The van der Waals surface area contributed by atoms with Crippen LogP contribution in [0.4, 0.5) is 4.39 Å². The Kier molecular flexibility index (Phi) is 6.19. The van der Waals surface area contributed by atoms with Crippen LogP contribution in [-0.4, -0.2) is 37.6 Å². The van der Waals surface area contributed by atoms with E-state index in [1.165, 1.54) is 26.4 Å². The predicted octanol–water partition coefficient (Wildman–Crippen LogP) is 3.88. The number of para-hydroxylation sites is 1. The van der Waals surface area contributed by atoms with Crippen LogP contribution in [0.5, 0.6) is 5.75 Å². The molecule has 0 atom stereocenters. The van der Waals surface area contributed by atoms with Crippen molar-refractivity contribution in [1.29, 1.82) is 0 Å². The van der Waals surface area contributed by atoms with Crippen LogP contribution in [-0.2, 0) is 16.1 Å². The maximum atomic E-state index is 13.5. The van der Waals surface area contributed by atoms with Gasteiger partial charge in [-0.2, -0.15) is 0 Å². The summed E-state index contributed by atoms with van der Waals surface area (Å²) in [5.74, 6) is -1.65. The van der Waals surface area contributed by atoms with Crippen LogP contribution < -0.4 is 4.74 Å². The lowest BCUT2D eigenvalue weighted by atomic mass is 10.0. The summed E-state index contributed by atoms with van der Waals surface area (Å²) in [6, 6.07) is 11.0. The number of carbonyl (C=O) groups is 2. The number of methoxy groups -OCH3 is 2. The maximum absolute atomic E-state index is 13.5. The van der Waals surface area contributed by atoms with Gasteiger partial charge in [-0.1, -0.05) is 18.2 Å². The van der Waals surface area contributed by atoms with E-state index in [9.17, 15) is 14.0 Å². The van der Waals surface area contributed by atoms with Gasteiger partial charge < -0.3 is 14.2 Å². The average molecular weight is 397 g/mol. The van der Waals surface area contributed by atoms with Gasteiger partial charge in [0, 0.05) is 12.5 Å². The Morgan fingerprint density at radius 2 is 1.86 bits per heavy atom. The zero-order chi connectivity index (χ0) is 21.0. The molecule has 0 spiro atoms. The molecule has 0 saturated heterocycles. The number of ketones is 1.